The quantitative estimate of drug-likeness (QED) is 0.190. The summed E-state index contributed by atoms with van der Waals surface area (Å²) in [6.07, 6.45) is 0.0485. The van der Waals surface area contributed by atoms with E-state index in [9.17, 15) is 34.1 Å². The smallest absolute Gasteiger partial charge is 0.534 e. The van der Waals surface area contributed by atoms with Gasteiger partial charge in [-0.1, -0.05) is 24.3 Å². The lowest BCUT2D eigenvalue weighted by Crippen LogP contribution is -2.60. The zero-order valence-electron chi connectivity index (χ0n) is 20.4. The molecular weight excluding hydrogens is 497 g/mol. The molecule has 2 aliphatic rings. The second-order valence-corrected chi connectivity index (χ2v) is 8.82. The van der Waals surface area contributed by atoms with Crippen molar-refractivity contribution in [2.24, 2.45) is 0 Å². The summed E-state index contributed by atoms with van der Waals surface area (Å²) in [4.78, 5) is 64.7. The number of nitrogen functional groups attached to an aromatic ring is 1. The minimum atomic E-state index is -1.58. The Labute approximate surface area is 217 Å². The van der Waals surface area contributed by atoms with Crippen LogP contribution in [0.4, 0.5) is 10.5 Å². The van der Waals surface area contributed by atoms with Gasteiger partial charge in [-0.05, 0) is 42.7 Å². The fraction of sp³-hybridized carbons (Fsp3) is 0.292. The van der Waals surface area contributed by atoms with Crippen molar-refractivity contribution in [3.63, 3.8) is 0 Å². The van der Waals surface area contributed by atoms with Crippen molar-refractivity contribution in [3.05, 3.63) is 59.2 Å². The molecule has 1 fully saturated rings. The summed E-state index contributed by atoms with van der Waals surface area (Å²) in [7, 11) is -1.58. The molecule has 14 heteroatoms. The van der Waals surface area contributed by atoms with Gasteiger partial charge in [-0.3, -0.25) is 19.3 Å². The first kappa shape index (κ1) is 26.5. The van der Waals surface area contributed by atoms with E-state index in [2.05, 4.69) is 10.6 Å². The molecule has 0 bridgehead atoms. The van der Waals surface area contributed by atoms with Gasteiger partial charge in [0.05, 0.1) is 11.5 Å². The molecule has 0 radical (unpaired) electrons. The van der Waals surface area contributed by atoms with E-state index >= 15 is 0 Å². The van der Waals surface area contributed by atoms with Gasteiger partial charge in [-0.2, -0.15) is 0 Å². The summed E-state index contributed by atoms with van der Waals surface area (Å²) in [6.45, 7) is 2.14. The fourth-order valence-corrected chi connectivity index (χ4v) is 4.39. The van der Waals surface area contributed by atoms with Crippen molar-refractivity contribution in [1.82, 2.24) is 20.4 Å². The second-order valence-electron chi connectivity index (χ2n) is 8.82. The SMILES string of the molecule is CCN1CCN(C(=O)NC(C(=O)N[C@H]2Cc3cccc(C(=O)O)c3OB2O)c2cccc(N)c2)C(=O)C1=O. The Kier molecular flexibility index (Phi) is 7.53. The number of amides is 5. The summed E-state index contributed by atoms with van der Waals surface area (Å²) in [5, 5.41) is 25.0. The van der Waals surface area contributed by atoms with E-state index in [0.29, 0.717) is 23.4 Å². The highest BCUT2D eigenvalue weighted by Crippen LogP contribution is 2.30. The number of carboxylic acid groups (broad SMARTS) is 1. The van der Waals surface area contributed by atoms with E-state index in [1.807, 2.05) is 0 Å². The van der Waals surface area contributed by atoms with E-state index < -0.39 is 48.8 Å². The Bertz CT molecular complexity index is 1300. The molecule has 6 N–H and O–H groups in total. The number of imide groups is 1. The first-order valence-electron chi connectivity index (χ1n) is 11.9. The van der Waals surface area contributed by atoms with Crippen molar-refractivity contribution in [2.75, 3.05) is 25.4 Å². The number of para-hydroxylation sites is 1. The van der Waals surface area contributed by atoms with Crippen LogP contribution in [0.3, 0.4) is 0 Å². The maximum atomic E-state index is 13.4. The molecule has 0 aromatic heterocycles. The van der Waals surface area contributed by atoms with Crippen molar-refractivity contribution >= 4 is 42.5 Å². The number of carbonyl (C=O) groups excluding carboxylic acids is 4. The number of likely N-dealkylation sites (N-methyl/N-ethyl adjacent to an activating group) is 1. The number of nitrogens with zero attached hydrogens (tertiary/aromatic N) is 2. The highest BCUT2D eigenvalue weighted by atomic mass is 16.5. The molecule has 2 heterocycles. The summed E-state index contributed by atoms with van der Waals surface area (Å²) in [5.74, 6) is -4.79. The zero-order chi connectivity index (χ0) is 27.6. The molecule has 38 heavy (non-hydrogen) atoms. The Balaban J connectivity index is 1.55. The van der Waals surface area contributed by atoms with Gasteiger partial charge >= 0.3 is 30.9 Å². The van der Waals surface area contributed by atoms with Crippen LogP contribution >= 0.6 is 0 Å². The predicted molar refractivity (Wildman–Crippen MR) is 134 cm³/mol. The standard InChI is InChI=1S/C24H26BN5O8/c1-2-29-9-10-30(22(33)21(29)32)24(36)28-18(13-5-3-7-15(26)11-13)20(31)27-17-12-14-6-4-8-16(23(34)35)19(14)38-25(17)37/h3-8,11,17-18,37H,2,9-10,12,26H2,1H3,(H,27,31)(H,28,36)(H,34,35)/t17-,18?/m0/s1. The highest BCUT2D eigenvalue weighted by molar-refractivity contribution is 6.47. The van der Waals surface area contributed by atoms with Gasteiger partial charge in [0.15, 0.2) is 0 Å². The van der Waals surface area contributed by atoms with Gasteiger partial charge in [0, 0.05) is 25.3 Å². The lowest BCUT2D eigenvalue weighted by molar-refractivity contribution is -0.153. The maximum Gasteiger partial charge on any atom is 0.547 e. The van der Waals surface area contributed by atoms with Crippen LogP contribution in [0.2, 0.25) is 0 Å². The summed E-state index contributed by atoms with van der Waals surface area (Å²) in [5.41, 5.74) is 6.81. The molecule has 1 unspecified atom stereocenters. The minimum Gasteiger partial charge on any atom is -0.534 e. The largest absolute Gasteiger partial charge is 0.547 e. The van der Waals surface area contributed by atoms with Gasteiger partial charge < -0.3 is 36.1 Å². The number of hydrogen-bond donors (Lipinski definition) is 5. The molecular formula is C24H26BN5O8. The number of hydrogen-bond acceptors (Lipinski definition) is 8. The molecule has 2 aromatic carbocycles. The van der Waals surface area contributed by atoms with Crippen LogP contribution in [0.5, 0.6) is 5.75 Å². The number of nitrogens with one attached hydrogen (secondary N) is 2. The number of carboxylic acids is 1. The fourth-order valence-electron chi connectivity index (χ4n) is 4.39. The first-order chi connectivity index (χ1) is 18.1. The van der Waals surface area contributed by atoms with Crippen molar-refractivity contribution in [1.29, 1.82) is 0 Å². The van der Waals surface area contributed by atoms with Crippen LogP contribution in [0.15, 0.2) is 42.5 Å². The molecule has 2 aliphatic heterocycles. The summed E-state index contributed by atoms with van der Waals surface area (Å²) in [6, 6.07) is 8.35. The van der Waals surface area contributed by atoms with E-state index in [1.165, 1.54) is 23.1 Å². The number of anilines is 1. The molecule has 4 rings (SSSR count). The van der Waals surface area contributed by atoms with E-state index in [0.717, 1.165) is 4.90 Å². The average Bonchev–Trinajstić information content (AvgIpc) is 2.88. The highest BCUT2D eigenvalue weighted by Gasteiger charge is 2.40. The van der Waals surface area contributed by atoms with Crippen LogP contribution in [0, 0.1) is 0 Å². The van der Waals surface area contributed by atoms with Gasteiger partial charge in [0.25, 0.3) is 0 Å². The minimum absolute atomic E-state index is 0.00749. The van der Waals surface area contributed by atoms with Crippen LogP contribution in [-0.2, 0) is 20.8 Å². The summed E-state index contributed by atoms with van der Waals surface area (Å²) < 4.78 is 5.42. The normalized spacial score (nSPS) is 17.8. The third kappa shape index (κ3) is 5.25. The third-order valence-electron chi connectivity index (χ3n) is 6.39. The Morgan fingerprint density at radius 1 is 1.16 bits per heavy atom. The number of carbonyl (C=O) groups is 5. The number of benzene rings is 2. The van der Waals surface area contributed by atoms with Crippen LogP contribution < -0.4 is 21.0 Å². The van der Waals surface area contributed by atoms with Crippen molar-refractivity contribution in [3.8, 4) is 5.75 Å². The van der Waals surface area contributed by atoms with Crippen LogP contribution in [-0.4, -0.2) is 82.3 Å². The van der Waals surface area contributed by atoms with E-state index in [4.69, 9.17) is 10.4 Å². The zero-order valence-corrected chi connectivity index (χ0v) is 20.4. The van der Waals surface area contributed by atoms with Gasteiger partial charge in [0.1, 0.15) is 11.8 Å². The van der Waals surface area contributed by atoms with Gasteiger partial charge in [-0.25, -0.2) is 9.59 Å². The van der Waals surface area contributed by atoms with E-state index in [1.54, 1.807) is 31.2 Å². The van der Waals surface area contributed by atoms with Crippen molar-refractivity contribution in [2.45, 2.75) is 25.3 Å². The molecule has 2 atom stereocenters. The summed E-state index contributed by atoms with van der Waals surface area (Å²) >= 11 is 0. The Morgan fingerprint density at radius 3 is 2.58 bits per heavy atom. The number of piperazine rings is 1. The molecule has 1 saturated heterocycles. The molecule has 2 aromatic rings. The molecule has 13 nitrogen and oxygen atoms in total. The first-order valence-corrected chi connectivity index (χ1v) is 11.9. The van der Waals surface area contributed by atoms with Gasteiger partial charge in [0.2, 0.25) is 5.91 Å². The lowest BCUT2D eigenvalue weighted by atomic mass is 9.72. The Morgan fingerprint density at radius 2 is 1.89 bits per heavy atom. The number of urea groups is 1. The monoisotopic (exact) mass is 523 g/mol. The van der Waals surface area contributed by atoms with Crippen LogP contribution in [0.1, 0.15) is 34.5 Å². The maximum absolute atomic E-state index is 13.4. The van der Waals surface area contributed by atoms with Crippen LogP contribution in [0.25, 0.3) is 0 Å². The number of nitrogens with two attached hydrogens (primary N) is 1. The number of aromatic carboxylic acids is 1. The van der Waals surface area contributed by atoms with E-state index in [-0.39, 0.29) is 30.8 Å². The predicted octanol–water partition coefficient (Wildman–Crippen LogP) is -0.452. The molecule has 0 spiro atoms. The average molecular weight is 523 g/mol. The van der Waals surface area contributed by atoms with Crippen molar-refractivity contribution < 1.29 is 38.8 Å². The molecule has 198 valence electrons. The molecule has 0 aliphatic carbocycles. The third-order valence-corrected chi connectivity index (χ3v) is 6.39. The second kappa shape index (κ2) is 10.8. The Hall–Kier alpha value is -4.59. The molecule has 0 saturated carbocycles. The van der Waals surface area contributed by atoms with Gasteiger partial charge in [-0.15, -0.1) is 0 Å². The molecule has 5 amide bonds. The topological polar surface area (TPSA) is 192 Å². The number of fused-ring (bicyclic) bond motifs is 1. The number of rotatable bonds is 6. The lowest BCUT2D eigenvalue weighted by Gasteiger charge is -2.33.